The van der Waals surface area contributed by atoms with Gasteiger partial charge in [0.25, 0.3) is 5.91 Å². The van der Waals surface area contributed by atoms with Gasteiger partial charge in [0, 0.05) is 48.3 Å². The first-order valence-corrected chi connectivity index (χ1v) is 13.1. The van der Waals surface area contributed by atoms with E-state index in [1.165, 1.54) is 0 Å². The Morgan fingerprint density at radius 3 is 2.27 bits per heavy atom. The van der Waals surface area contributed by atoms with E-state index in [1.807, 2.05) is 49.4 Å². The Morgan fingerprint density at radius 2 is 1.62 bits per heavy atom. The van der Waals surface area contributed by atoms with Gasteiger partial charge in [-0.2, -0.15) is 0 Å². The zero-order chi connectivity index (χ0) is 26.2. The number of morpholine rings is 1. The molecule has 1 aliphatic rings. The number of nitrogens with zero attached hydrogens (tertiary/aromatic N) is 3. The van der Waals surface area contributed by atoms with E-state index in [-0.39, 0.29) is 18.4 Å². The maximum atomic E-state index is 13.7. The summed E-state index contributed by atoms with van der Waals surface area (Å²) in [7, 11) is 0. The van der Waals surface area contributed by atoms with Gasteiger partial charge in [0.05, 0.1) is 19.8 Å². The van der Waals surface area contributed by atoms with Crippen LogP contribution in [0.5, 0.6) is 0 Å². The fraction of sp³-hybridized carbons (Fsp3) is 0.357. The Bertz CT molecular complexity index is 1170. The molecule has 2 amide bonds. The molecule has 0 spiro atoms. The van der Waals surface area contributed by atoms with Gasteiger partial charge in [0.1, 0.15) is 18.1 Å². The van der Waals surface area contributed by atoms with Crippen LogP contribution in [0.3, 0.4) is 0 Å². The van der Waals surface area contributed by atoms with Gasteiger partial charge < -0.3 is 19.0 Å². The van der Waals surface area contributed by atoms with Crippen LogP contribution < -0.4 is 0 Å². The molecular weight excluding hydrogens is 513 g/mol. The minimum absolute atomic E-state index is 0.0835. The van der Waals surface area contributed by atoms with Crippen molar-refractivity contribution in [3.05, 3.63) is 93.4 Å². The third kappa shape index (κ3) is 8.07. The van der Waals surface area contributed by atoms with E-state index in [0.717, 1.165) is 24.4 Å². The molecule has 0 saturated carbocycles. The molecule has 3 aromatic rings. The van der Waals surface area contributed by atoms with E-state index in [9.17, 15) is 9.59 Å². The Hall–Kier alpha value is -2.84. The molecule has 0 radical (unpaired) electrons. The maximum Gasteiger partial charge on any atom is 0.254 e. The summed E-state index contributed by atoms with van der Waals surface area (Å²) in [5, 5.41) is 0.739. The highest BCUT2D eigenvalue weighted by atomic mass is 35.5. The van der Waals surface area contributed by atoms with E-state index >= 15 is 0 Å². The normalized spacial score (nSPS) is 13.9. The number of hydrogen-bond donors (Lipinski definition) is 0. The summed E-state index contributed by atoms with van der Waals surface area (Å²) >= 11 is 12.3. The van der Waals surface area contributed by atoms with Gasteiger partial charge in [-0.3, -0.25) is 14.5 Å². The Balaban J connectivity index is 1.54. The lowest BCUT2D eigenvalue weighted by molar-refractivity contribution is -0.133. The molecule has 37 heavy (non-hydrogen) atoms. The summed E-state index contributed by atoms with van der Waals surface area (Å²) < 4.78 is 11.2. The van der Waals surface area contributed by atoms with Crippen LogP contribution in [-0.4, -0.2) is 72.5 Å². The number of amides is 2. The van der Waals surface area contributed by atoms with Crippen LogP contribution in [0, 0.1) is 6.92 Å². The molecule has 0 bridgehead atoms. The van der Waals surface area contributed by atoms with Crippen LogP contribution in [0.1, 0.15) is 27.4 Å². The highest BCUT2D eigenvalue weighted by Gasteiger charge is 2.25. The molecule has 0 atom stereocenters. The first-order chi connectivity index (χ1) is 17.9. The number of aryl methyl sites for hydroxylation is 1. The minimum Gasteiger partial charge on any atom is -0.464 e. The molecule has 1 saturated heterocycles. The second-order valence-corrected chi connectivity index (χ2v) is 9.96. The monoisotopic (exact) mass is 543 g/mol. The third-order valence-electron chi connectivity index (χ3n) is 6.22. The zero-order valence-electron chi connectivity index (χ0n) is 20.9. The van der Waals surface area contributed by atoms with Crippen molar-refractivity contribution < 1.29 is 18.7 Å². The molecule has 0 unspecified atom stereocenters. The predicted octanol–water partition coefficient (Wildman–Crippen LogP) is 4.90. The summed E-state index contributed by atoms with van der Waals surface area (Å²) in [5.41, 5.74) is 1.34. The first kappa shape index (κ1) is 27.2. The first-order valence-electron chi connectivity index (χ1n) is 12.3. The van der Waals surface area contributed by atoms with Crippen LogP contribution in [0.25, 0.3) is 0 Å². The van der Waals surface area contributed by atoms with Gasteiger partial charge in [-0.15, -0.1) is 0 Å². The number of halogens is 2. The Kier molecular flexibility index (Phi) is 9.63. The summed E-state index contributed by atoms with van der Waals surface area (Å²) in [5.74, 6) is 0.998. The van der Waals surface area contributed by atoms with E-state index < -0.39 is 0 Å². The van der Waals surface area contributed by atoms with E-state index in [0.29, 0.717) is 60.8 Å². The standard InChI is InChI=1S/C28H31Cl2N3O4/c1-21-7-8-26(37-21)19-33(18-22-5-3-2-4-6-22)27(34)20-32(10-9-31-11-13-36-14-12-31)28(35)23-15-24(29)17-25(30)16-23/h2-8,15-17H,9-14,18-20H2,1H3. The summed E-state index contributed by atoms with van der Waals surface area (Å²) in [6.45, 7) is 6.39. The van der Waals surface area contributed by atoms with Gasteiger partial charge >= 0.3 is 0 Å². The highest BCUT2D eigenvalue weighted by Crippen LogP contribution is 2.21. The topological polar surface area (TPSA) is 66.2 Å². The van der Waals surface area contributed by atoms with E-state index in [2.05, 4.69) is 4.90 Å². The van der Waals surface area contributed by atoms with Crippen molar-refractivity contribution in [3.63, 3.8) is 0 Å². The van der Waals surface area contributed by atoms with Crippen molar-refractivity contribution >= 4 is 35.0 Å². The van der Waals surface area contributed by atoms with Crippen LogP contribution in [0.15, 0.2) is 65.1 Å². The van der Waals surface area contributed by atoms with Crippen LogP contribution in [-0.2, 0) is 22.6 Å². The Labute approximate surface area is 227 Å². The molecule has 0 aliphatic carbocycles. The fourth-order valence-corrected chi connectivity index (χ4v) is 4.78. The van der Waals surface area contributed by atoms with Gasteiger partial charge in [0.2, 0.25) is 5.91 Å². The number of carbonyl (C=O) groups excluding carboxylic acids is 2. The number of carbonyl (C=O) groups is 2. The largest absolute Gasteiger partial charge is 0.464 e. The van der Waals surface area contributed by atoms with Crippen molar-refractivity contribution in [2.24, 2.45) is 0 Å². The predicted molar refractivity (Wildman–Crippen MR) is 144 cm³/mol. The second-order valence-electron chi connectivity index (χ2n) is 9.09. The summed E-state index contributed by atoms with van der Waals surface area (Å²) in [6, 6.07) is 18.3. The molecular formula is C28H31Cl2N3O4. The highest BCUT2D eigenvalue weighted by molar-refractivity contribution is 6.35. The fourth-order valence-electron chi connectivity index (χ4n) is 4.26. The van der Waals surface area contributed by atoms with E-state index in [4.69, 9.17) is 32.4 Å². The summed E-state index contributed by atoms with van der Waals surface area (Å²) in [4.78, 5) is 32.8. The van der Waals surface area contributed by atoms with E-state index in [1.54, 1.807) is 28.0 Å². The summed E-state index contributed by atoms with van der Waals surface area (Å²) in [6.07, 6.45) is 0. The van der Waals surface area contributed by atoms with Crippen LogP contribution >= 0.6 is 23.2 Å². The number of ether oxygens (including phenoxy) is 1. The van der Waals surface area contributed by atoms with Crippen molar-refractivity contribution in [2.75, 3.05) is 45.9 Å². The average molecular weight is 544 g/mol. The number of benzene rings is 2. The molecule has 196 valence electrons. The van der Waals surface area contributed by atoms with Crippen molar-refractivity contribution in [1.82, 2.24) is 14.7 Å². The molecule has 0 N–H and O–H groups in total. The molecule has 2 heterocycles. The van der Waals surface area contributed by atoms with Gasteiger partial charge in [0.15, 0.2) is 0 Å². The lowest BCUT2D eigenvalue weighted by Crippen LogP contribution is -2.47. The molecule has 1 aromatic heterocycles. The Morgan fingerprint density at radius 1 is 0.919 bits per heavy atom. The second kappa shape index (κ2) is 13.1. The zero-order valence-corrected chi connectivity index (χ0v) is 22.4. The van der Waals surface area contributed by atoms with Crippen LogP contribution in [0.4, 0.5) is 0 Å². The van der Waals surface area contributed by atoms with Gasteiger partial charge in [-0.05, 0) is 42.8 Å². The lowest BCUT2D eigenvalue weighted by atomic mass is 10.2. The van der Waals surface area contributed by atoms with Crippen molar-refractivity contribution in [3.8, 4) is 0 Å². The molecule has 1 aliphatic heterocycles. The SMILES string of the molecule is Cc1ccc(CN(Cc2ccccc2)C(=O)CN(CCN2CCOCC2)C(=O)c2cc(Cl)cc(Cl)c2)o1. The molecule has 9 heteroatoms. The number of furan rings is 1. The van der Waals surface area contributed by atoms with Crippen molar-refractivity contribution in [1.29, 1.82) is 0 Å². The maximum absolute atomic E-state index is 13.7. The molecule has 2 aromatic carbocycles. The lowest BCUT2D eigenvalue weighted by Gasteiger charge is -2.31. The van der Waals surface area contributed by atoms with Crippen LogP contribution in [0.2, 0.25) is 10.0 Å². The molecule has 1 fully saturated rings. The molecule has 4 rings (SSSR count). The number of hydrogen-bond acceptors (Lipinski definition) is 5. The minimum atomic E-state index is -0.292. The van der Waals surface area contributed by atoms with Crippen molar-refractivity contribution in [2.45, 2.75) is 20.0 Å². The number of rotatable bonds is 10. The molecule has 7 nitrogen and oxygen atoms in total. The van der Waals surface area contributed by atoms with Gasteiger partial charge in [-0.1, -0.05) is 53.5 Å². The average Bonchev–Trinajstić information content (AvgIpc) is 3.30. The third-order valence-corrected chi connectivity index (χ3v) is 6.66. The quantitative estimate of drug-likeness (QED) is 0.364. The van der Waals surface area contributed by atoms with Gasteiger partial charge in [-0.25, -0.2) is 0 Å². The smallest absolute Gasteiger partial charge is 0.254 e.